The predicted octanol–water partition coefficient (Wildman–Crippen LogP) is 2.71. The summed E-state index contributed by atoms with van der Waals surface area (Å²) in [6.07, 6.45) is 0.302. The molecule has 1 N–H and O–H groups in total. The van der Waals surface area contributed by atoms with Crippen LogP contribution >= 0.6 is 0 Å². The number of nitrogens with zero attached hydrogens (tertiary/aromatic N) is 2. The molecule has 1 aromatic heterocycles. The van der Waals surface area contributed by atoms with E-state index < -0.39 is 5.97 Å². The van der Waals surface area contributed by atoms with Crippen LogP contribution in [0.5, 0.6) is 0 Å². The van der Waals surface area contributed by atoms with Crippen molar-refractivity contribution in [3.63, 3.8) is 0 Å². The molecule has 0 bridgehead atoms. The molecular weight excluding hydrogens is 292 g/mol. The lowest BCUT2D eigenvalue weighted by Gasteiger charge is -2.13. The van der Waals surface area contributed by atoms with E-state index in [1.165, 1.54) is 0 Å². The third-order valence-corrected chi connectivity index (χ3v) is 3.85. The van der Waals surface area contributed by atoms with Crippen LogP contribution in [-0.2, 0) is 13.0 Å². The number of benzene rings is 2. The molecule has 0 atom stereocenters. The summed E-state index contributed by atoms with van der Waals surface area (Å²) in [5.74, 6) is -0.406. The Morgan fingerprint density at radius 3 is 2.57 bits per heavy atom. The third kappa shape index (κ3) is 2.73. The highest BCUT2D eigenvalue weighted by molar-refractivity contribution is 5.89. The molecule has 2 aromatic carbocycles. The van der Waals surface area contributed by atoms with E-state index in [1.807, 2.05) is 19.1 Å². The first-order chi connectivity index (χ1) is 11.1. The number of carbonyl (C=O) groups is 1. The lowest BCUT2D eigenvalue weighted by Crippen LogP contribution is -2.25. The quantitative estimate of drug-likeness (QED) is 0.804. The summed E-state index contributed by atoms with van der Waals surface area (Å²) in [5.41, 5.74) is 1.41. The fourth-order valence-corrected chi connectivity index (χ4v) is 2.73. The van der Waals surface area contributed by atoms with Crippen LogP contribution in [0, 0.1) is 0 Å². The van der Waals surface area contributed by atoms with Crippen LogP contribution in [-0.4, -0.2) is 20.6 Å². The molecule has 0 aliphatic heterocycles. The van der Waals surface area contributed by atoms with Gasteiger partial charge in [-0.25, -0.2) is 9.78 Å². The van der Waals surface area contributed by atoms with Gasteiger partial charge in [0.1, 0.15) is 5.82 Å². The number of carboxylic acids is 1. The van der Waals surface area contributed by atoms with E-state index in [0.29, 0.717) is 35.3 Å². The Labute approximate surface area is 132 Å². The molecule has 0 radical (unpaired) electrons. The Balaban J connectivity index is 2.17. The Hall–Kier alpha value is -2.95. The van der Waals surface area contributed by atoms with Gasteiger partial charge in [0.15, 0.2) is 0 Å². The molecule has 5 heteroatoms. The minimum atomic E-state index is -0.980. The van der Waals surface area contributed by atoms with Crippen LogP contribution in [0.25, 0.3) is 10.9 Å². The monoisotopic (exact) mass is 308 g/mol. The van der Waals surface area contributed by atoms with Gasteiger partial charge in [-0.15, -0.1) is 0 Å². The molecule has 1 heterocycles. The average Bonchev–Trinajstić information content (AvgIpc) is 2.55. The molecule has 0 unspecified atom stereocenters. The topological polar surface area (TPSA) is 72.2 Å². The lowest BCUT2D eigenvalue weighted by atomic mass is 10.0. The minimum Gasteiger partial charge on any atom is -0.478 e. The van der Waals surface area contributed by atoms with Gasteiger partial charge in [0.2, 0.25) is 0 Å². The number of hydrogen-bond acceptors (Lipinski definition) is 3. The first-order valence-corrected chi connectivity index (χ1v) is 7.41. The normalized spacial score (nSPS) is 10.8. The second kappa shape index (κ2) is 6.04. The summed E-state index contributed by atoms with van der Waals surface area (Å²) in [4.78, 5) is 28.5. The molecule has 5 nitrogen and oxygen atoms in total. The van der Waals surface area contributed by atoms with Gasteiger partial charge in [-0.1, -0.05) is 30.3 Å². The molecule has 0 saturated carbocycles. The van der Waals surface area contributed by atoms with Gasteiger partial charge in [0.25, 0.3) is 5.56 Å². The van der Waals surface area contributed by atoms with Crippen molar-refractivity contribution in [2.45, 2.75) is 19.9 Å². The van der Waals surface area contributed by atoms with Crippen LogP contribution in [0.1, 0.15) is 28.7 Å². The number of fused-ring (bicyclic) bond motifs is 1. The number of hydrogen-bond donors (Lipinski definition) is 1. The zero-order valence-electron chi connectivity index (χ0n) is 12.7. The molecule has 0 saturated heterocycles. The summed E-state index contributed by atoms with van der Waals surface area (Å²) >= 11 is 0. The highest BCUT2D eigenvalue weighted by Crippen LogP contribution is 2.15. The molecule has 0 spiro atoms. The molecule has 3 rings (SSSR count). The Morgan fingerprint density at radius 1 is 1.13 bits per heavy atom. The van der Waals surface area contributed by atoms with E-state index in [0.717, 1.165) is 0 Å². The second-order valence-corrected chi connectivity index (χ2v) is 5.23. The summed E-state index contributed by atoms with van der Waals surface area (Å²) in [5, 5.41) is 9.88. The maximum atomic E-state index is 12.6. The number of rotatable bonds is 4. The second-order valence-electron chi connectivity index (χ2n) is 5.23. The number of aromatic nitrogens is 2. The zero-order chi connectivity index (χ0) is 16.4. The predicted molar refractivity (Wildman–Crippen MR) is 87.9 cm³/mol. The van der Waals surface area contributed by atoms with Gasteiger partial charge in [-0.2, -0.15) is 0 Å². The number of aromatic carboxylic acids is 1. The highest BCUT2D eigenvalue weighted by Gasteiger charge is 2.14. The van der Waals surface area contributed by atoms with Crippen molar-refractivity contribution in [1.82, 2.24) is 9.55 Å². The van der Waals surface area contributed by atoms with Gasteiger partial charge in [-0.05, 0) is 30.7 Å². The molecule has 0 amide bonds. The van der Waals surface area contributed by atoms with Gasteiger partial charge in [-0.3, -0.25) is 9.36 Å². The van der Waals surface area contributed by atoms with Crippen molar-refractivity contribution in [2.24, 2.45) is 0 Å². The first-order valence-electron chi connectivity index (χ1n) is 7.41. The van der Waals surface area contributed by atoms with Crippen molar-refractivity contribution >= 4 is 16.9 Å². The maximum absolute atomic E-state index is 12.6. The van der Waals surface area contributed by atoms with E-state index in [1.54, 1.807) is 41.0 Å². The average molecular weight is 308 g/mol. The smallest absolute Gasteiger partial charge is 0.335 e. The first kappa shape index (κ1) is 15.0. The van der Waals surface area contributed by atoms with E-state index in [4.69, 9.17) is 0 Å². The van der Waals surface area contributed by atoms with Crippen LogP contribution in [0.15, 0.2) is 53.3 Å². The SMILES string of the molecule is CCn1c(Cc2ccccc2C(=O)O)nc2ccccc2c1=O. The number of carboxylic acid groups (broad SMARTS) is 1. The number of para-hydroxylation sites is 1. The maximum Gasteiger partial charge on any atom is 0.335 e. The largest absolute Gasteiger partial charge is 0.478 e. The van der Waals surface area contributed by atoms with E-state index >= 15 is 0 Å². The highest BCUT2D eigenvalue weighted by atomic mass is 16.4. The standard InChI is InChI=1S/C18H16N2O3/c1-2-20-16(11-12-7-3-4-8-13(12)18(22)23)19-15-10-6-5-9-14(15)17(20)21/h3-10H,2,11H2,1H3,(H,22,23). The van der Waals surface area contributed by atoms with E-state index in [-0.39, 0.29) is 11.1 Å². The molecule has 0 aliphatic rings. The van der Waals surface area contributed by atoms with Crippen LogP contribution in [0.4, 0.5) is 0 Å². The Bertz CT molecular complexity index is 944. The van der Waals surface area contributed by atoms with Gasteiger partial charge >= 0.3 is 5.97 Å². The summed E-state index contributed by atoms with van der Waals surface area (Å²) in [6.45, 7) is 2.37. The molecule has 0 aliphatic carbocycles. The molecule has 0 fully saturated rings. The summed E-state index contributed by atoms with van der Waals surface area (Å²) in [7, 11) is 0. The third-order valence-electron chi connectivity index (χ3n) is 3.85. The fraction of sp³-hybridized carbons (Fsp3) is 0.167. The minimum absolute atomic E-state index is 0.0964. The van der Waals surface area contributed by atoms with Crippen molar-refractivity contribution < 1.29 is 9.90 Å². The Kier molecular flexibility index (Phi) is 3.93. The van der Waals surface area contributed by atoms with Crippen molar-refractivity contribution in [1.29, 1.82) is 0 Å². The lowest BCUT2D eigenvalue weighted by molar-refractivity contribution is 0.0696. The van der Waals surface area contributed by atoms with Gasteiger partial charge < -0.3 is 5.11 Å². The molecule has 116 valence electrons. The van der Waals surface area contributed by atoms with Crippen molar-refractivity contribution in [2.75, 3.05) is 0 Å². The summed E-state index contributed by atoms with van der Waals surface area (Å²) < 4.78 is 1.60. The Morgan fingerprint density at radius 2 is 1.83 bits per heavy atom. The van der Waals surface area contributed by atoms with Crippen molar-refractivity contribution in [3.05, 3.63) is 75.8 Å². The van der Waals surface area contributed by atoms with E-state index in [9.17, 15) is 14.7 Å². The van der Waals surface area contributed by atoms with Crippen LogP contribution in [0.2, 0.25) is 0 Å². The summed E-state index contributed by atoms with van der Waals surface area (Å²) in [6, 6.07) is 14.0. The molecular formula is C18H16N2O3. The molecule has 3 aromatic rings. The van der Waals surface area contributed by atoms with Gasteiger partial charge in [0, 0.05) is 13.0 Å². The van der Waals surface area contributed by atoms with Gasteiger partial charge in [0.05, 0.1) is 16.5 Å². The molecule has 23 heavy (non-hydrogen) atoms. The van der Waals surface area contributed by atoms with Crippen LogP contribution in [0.3, 0.4) is 0 Å². The fourth-order valence-electron chi connectivity index (χ4n) is 2.73. The van der Waals surface area contributed by atoms with E-state index in [2.05, 4.69) is 4.98 Å². The zero-order valence-corrected chi connectivity index (χ0v) is 12.7. The van der Waals surface area contributed by atoms with Crippen LogP contribution < -0.4 is 5.56 Å². The van der Waals surface area contributed by atoms with Crippen molar-refractivity contribution in [3.8, 4) is 0 Å².